The monoisotopic (exact) mass is 396 g/mol. The summed E-state index contributed by atoms with van der Waals surface area (Å²) in [7, 11) is 1.49. The van der Waals surface area contributed by atoms with E-state index in [1.165, 1.54) is 13.3 Å². The second-order valence-corrected chi connectivity index (χ2v) is 6.07. The summed E-state index contributed by atoms with van der Waals surface area (Å²) >= 11 is 5.98. The van der Waals surface area contributed by atoms with E-state index < -0.39 is 6.03 Å². The van der Waals surface area contributed by atoms with Gasteiger partial charge < -0.3 is 20.7 Å². The van der Waals surface area contributed by atoms with Gasteiger partial charge in [0.2, 0.25) is 0 Å². The Kier molecular flexibility index (Phi) is 6.08. The van der Waals surface area contributed by atoms with Crippen molar-refractivity contribution in [2.45, 2.75) is 0 Å². The van der Waals surface area contributed by atoms with Gasteiger partial charge in [-0.2, -0.15) is 0 Å². The van der Waals surface area contributed by atoms with E-state index in [9.17, 15) is 9.59 Å². The Balaban J connectivity index is 1.74. The van der Waals surface area contributed by atoms with E-state index in [1.807, 2.05) is 0 Å². The van der Waals surface area contributed by atoms with Crippen molar-refractivity contribution in [3.8, 4) is 5.75 Å². The van der Waals surface area contributed by atoms with Crippen LogP contribution in [-0.4, -0.2) is 24.0 Å². The number of carbonyl (C=O) groups is 2. The van der Waals surface area contributed by atoms with E-state index in [-0.39, 0.29) is 11.6 Å². The Morgan fingerprint density at radius 3 is 2.25 bits per heavy atom. The van der Waals surface area contributed by atoms with Crippen molar-refractivity contribution < 1.29 is 14.3 Å². The van der Waals surface area contributed by atoms with Gasteiger partial charge in [-0.25, -0.2) is 4.79 Å². The molecule has 3 N–H and O–H groups in total. The average Bonchev–Trinajstić information content (AvgIpc) is 2.70. The number of anilines is 3. The number of pyridine rings is 1. The van der Waals surface area contributed by atoms with Crippen LogP contribution in [0.2, 0.25) is 5.02 Å². The molecule has 1 aromatic heterocycles. The zero-order valence-corrected chi connectivity index (χ0v) is 15.7. The van der Waals surface area contributed by atoms with E-state index in [2.05, 4.69) is 20.9 Å². The molecule has 28 heavy (non-hydrogen) atoms. The first-order valence-electron chi connectivity index (χ1n) is 8.30. The fraction of sp³-hybridized carbons (Fsp3) is 0.0500. The van der Waals surface area contributed by atoms with Gasteiger partial charge >= 0.3 is 6.03 Å². The third kappa shape index (κ3) is 4.77. The van der Waals surface area contributed by atoms with Crippen LogP contribution in [0.5, 0.6) is 5.75 Å². The summed E-state index contributed by atoms with van der Waals surface area (Å²) < 4.78 is 5.21. The molecule has 0 aliphatic rings. The molecule has 0 saturated heterocycles. The summed E-state index contributed by atoms with van der Waals surface area (Å²) in [6.07, 6.45) is 1.53. The van der Waals surface area contributed by atoms with Crippen molar-refractivity contribution >= 4 is 40.6 Å². The Bertz CT molecular complexity index is 996. The van der Waals surface area contributed by atoms with Gasteiger partial charge in [-0.3, -0.25) is 9.78 Å². The molecule has 0 atom stereocenters. The first-order valence-corrected chi connectivity index (χ1v) is 8.67. The van der Waals surface area contributed by atoms with Crippen LogP contribution in [0.4, 0.5) is 21.9 Å². The Labute approximate surface area is 166 Å². The highest BCUT2D eigenvalue weighted by molar-refractivity contribution is 6.31. The van der Waals surface area contributed by atoms with Crippen molar-refractivity contribution in [2.75, 3.05) is 23.1 Å². The normalized spacial score (nSPS) is 10.1. The topological polar surface area (TPSA) is 92.4 Å². The molecular weight excluding hydrogens is 380 g/mol. The highest BCUT2D eigenvalue weighted by atomic mass is 35.5. The molecule has 0 saturated carbocycles. The molecule has 3 amide bonds. The maximum atomic E-state index is 12.4. The lowest BCUT2D eigenvalue weighted by molar-refractivity contribution is 0.102. The first kappa shape index (κ1) is 19.2. The fourth-order valence-electron chi connectivity index (χ4n) is 2.44. The van der Waals surface area contributed by atoms with Crippen molar-refractivity contribution in [2.24, 2.45) is 0 Å². The summed E-state index contributed by atoms with van der Waals surface area (Å²) in [4.78, 5) is 28.8. The lowest BCUT2D eigenvalue weighted by Gasteiger charge is -2.14. The third-order valence-corrected chi connectivity index (χ3v) is 3.97. The lowest BCUT2D eigenvalue weighted by Crippen LogP contribution is -2.21. The zero-order valence-electron chi connectivity index (χ0n) is 14.9. The van der Waals surface area contributed by atoms with Gasteiger partial charge in [0.25, 0.3) is 5.91 Å². The van der Waals surface area contributed by atoms with E-state index >= 15 is 0 Å². The molecule has 0 fully saturated rings. The summed E-state index contributed by atoms with van der Waals surface area (Å²) in [5.74, 6) is 0.0862. The predicted molar refractivity (Wildman–Crippen MR) is 109 cm³/mol. The maximum absolute atomic E-state index is 12.4. The number of ether oxygens (including phenoxy) is 1. The highest BCUT2D eigenvalue weighted by Gasteiger charge is 2.13. The number of aromatic nitrogens is 1. The van der Waals surface area contributed by atoms with E-state index in [0.717, 1.165) is 0 Å². The minimum absolute atomic E-state index is 0.269. The van der Waals surface area contributed by atoms with Crippen molar-refractivity contribution in [3.05, 3.63) is 77.6 Å². The highest BCUT2D eigenvalue weighted by Crippen LogP contribution is 2.28. The number of rotatable bonds is 5. The molecule has 2 aromatic carbocycles. The largest absolute Gasteiger partial charge is 0.495 e. The molecule has 0 aliphatic carbocycles. The molecule has 7 nitrogen and oxygen atoms in total. The van der Waals surface area contributed by atoms with Crippen molar-refractivity contribution in [1.82, 2.24) is 4.98 Å². The van der Waals surface area contributed by atoms with Crippen LogP contribution in [0.15, 0.2) is 66.9 Å². The van der Waals surface area contributed by atoms with Crippen molar-refractivity contribution in [3.63, 3.8) is 0 Å². The second kappa shape index (κ2) is 8.88. The number of amides is 3. The molecule has 0 spiro atoms. The molecule has 0 radical (unpaired) electrons. The van der Waals surface area contributed by atoms with Crippen LogP contribution >= 0.6 is 11.6 Å². The minimum atomic E-state index is -0.514. The van der Waals surface area contributed by atoms with Gasteiger partial charge in [0.15, 0.2) is 0 Å². The molecule has 1 heterocycles. The minimum Gasteiger partial charge on any atom is -0.495 e. The number of urea groups is 1. The van der Waals surface area contributed by atoms with Gasteiger partial charge in [-0.05, 0) is 42.5 Å². The van der Waals surface area contributed by atoms with Crippen LogP contribution in [0.1, 0.15) is 10.5 Å². The molecule has 3 rings (SSSR count). The third-order valence-electron chi connectivity index (χ3n) is 3.73. The summed E-state index contributed by atoms with van der Waals surface area (Å²) in [5.41, 5.74) is 1.55. The molecule has 0 unspecified atom stereocenters. The lowest BCUT2D eigenvalue weighted by atomic mass is 10.2. The predicted octanol–water partition coefficient (Wildman–Crippen LogP) is 4.64. The number of para-hydroxylation sites is 2. The SMILES string of the molecule is COc1ccc(Cl)cc1NC(=O)Nc1ccccc1NC(=O)c1ccccn1. The number of nitrogens with one attached hydrogen (secondary N) is 3. The van der Waals surface area contributed by atoms with Crippen LogP contribution in [0, 0.1) is 0 Å². The van der Waals surface area contributed by atoms with Crippen LogP contribution in [0.25, 0.3) is 0 Å². The van der Waals surface area contributed by atoms with Crippen LogP contribution in [-0.2, 0) is 0 Å². The fourth-order valence-corrected chi connectivity index (χ4v) is 2.61. The van der Waals surface area contributed by atoms with Gasteiger partial charge in [-0.1, -0.05) is 29.8 Å². The number of benzene rings is 2. The molecular formula is C20H17ClN4O3. The molecule has 142 valence electrons. The van der Waals surface area contributed by atoms with Crippen LogP contribution < -0.4 is 20.7 Å². The van der Waals surface area contributed by atoms with E-state index in [0.29, 0.717) is 27.8 Å². The molecule has 3 aromatic rings. The summed E-state index contributed by atoms with van der Waals surface area (Å²) in [5, 5.41) is 8.58. The van der Waals surface area contributed by atoms with Gasteiger partial charge in [0.1, 0.15) is 11.4 Å². The van der Waals surface area contributed by atoms with Gasteiger partial charge in [0, 0.05) is 11.2 Å². The molecule has 0 aliphatic heterocycles. The number of methoxy groups -OCH3 is 1. The Hall–Kier alpha value is -3.58. The Morgan fingerprint density at radius 2 is 1.57 bits per heavy atom. The van der Waals surface area contributed by atoms with E-state index in [4.69, 9.17) is 16.3 Å². The first-order chi connectivity index (χ1) is 13.6. The molecule has 0 bridgehead atoms. The van der Waals surface area contributed by atoms with Gasteiger partial charge in [-0.15, -0.1) is 0 Å². The number of hydrogen-bond donors (Lipinski definition) is 3. The number of halogens is 1. The number of carbonyl (C=O) groups excluding carboxylic acids is 2. The smallest absolute Gasteiger partial charge is 0.323 e. The summed E-state index contributed by atoms with van der Waals surface area (Å²) in [6.45, 7) is 0. The number of hydrogen-bond acceptors (Lipinski definition) is 4. The Morgan fingerprint density at radius 1 is 0.893 bits per heavy atom. The summed E-state index contributed by atoms with van der Waals surface area (Å²) in [6, 6.07) is 16.3. The quantitative estimate of drug-likeness (QED) is 0.585. The zero-order chi connectivity index (χ0) is 19.9. The number of nitrogens with zero attached hydrogens (tertiary/aromatic N) is 1. The van der Waals surface area contributed by atoms with Crippen LogP contribution in [0.3, 0.4) is 0 Å². The van der Waals surface area contributed by atoms with Crippen molar-refractivity contribution in [1.29, 1.82) is 0 Å². The van der Waals surface area contributed by atoms with Gasteiger partial charge in [0.05, 0.1) is 24.2 Å². The standard InChI is InChI=1S/C20H17ClN4O3/c1-28-18-10-9-13(21)12-17(18)25-20(27)24-15-7-3-2-6-14(15)23-19(26)16-8-4-5-11-22-16/h2-12H,1H3,(H,23,26)(H2,24,25,27). The molecule has 8 heteroatoms. The second-order valence-electron chi connectivity index (χ2n) is 5.64. The maximum Gasteiger partial charge on any atom is 0.323 e. The van der Waals surface area contributed by atoms with E-state index in [1.54, 1.807) is 60.7 Å². The average molecular weight is 397 g/mol.